The van der Waals surface area contributed by atoms with Gasteiger partial charge in [0.15, 0.2) is 23.2 Å². The summed E-state index contributed by atoms with van der Waals surface area (Å²) in [6.07, 6.45) is -2.12. The summed E-state index contributed by atoms with van der Waals surface area (Å²) in [6.45, 7) is -0.282. The van der Waals surface area contributed by atoms with E-state index in [1.54, 1.807) is 36.4 Å². The third-order valence-corrected chi connectivity index (χ3v) is 6.07. The van der Waals surface area contributed by atoms with Gasteiger partial charge in [0.05, 0.1) is 17.7 Å². The largest absolute Gasteiger partial charge is 0.489 e. The minimum Gasteiger partial charge on any atom is -0.489 e. The zero-order valence-corrected chi connectivity index (χ0v) is 20.2. The van der Waals surface area contributed by atoms with Gasteiger partial charge in [-0.15, -0.1) is 0 Å². The number of ether oxygens (including phenoxy) is 2. The molecule has 6 N–H and O–H groups in total. The second-order valence-corrected chi connectivity index (χ2v) is 8.62. The van der Waals surface area contributed by atoms with Crippen LogP contribution in [0.1, 0.15) is 17.4 Å². The highest BCUT2D eigenvalue weighted by molar-refractivity contribution is 5.85. The van der Waals surface area contributed by atoms with E-state index in [9.17, 15) is 25.4 Å². The summed E-state index contributed by atoms with van der Waals surface area (Å²) in [5, 5.41) is 45.3. The summed E-state index contributed by atoms with van der Waals surface area (Å²) in [5.74, 6) is 0.753. The summed E-state index contributed by atoms with van der Waals surface area (Å²) in [4.78, 5) is 22.8. The molecule has 39 heavy (non-hydrogen) atoms. The number of nitrogens with two attached hydrogens (primary N) is 1. The molecule has 0 spiro atoms. The maximum Gasteiger partial charge on any atom is 0.269 e. The Bertz CT molecular complexity index is 1510. The van der Waals surface area contributed by atoms with Crippen molar-refractivity contribution in [3.63, 3.8) is 0 Å². The first-order chi connectivity index (χ1) is 18.9. The van der Waals surface area contributed by atoms with Crippen LogP contribution in [0, 0.1) is 10.1 Å². The molecule has 3 heterocycles. The lowest BCUT2D eigenvalue weighted by Crippen LogP contribution is -2.33. The first-order valence-corrected chi connectivity index (χ1v) is 11.7. The number of nitrogens with zero attached hydrogens (tertiary/aromatic N) is 6. The van der Waals surface area contributed by atoms with Crippen molar-refractivity contribution in [1.82, 2.24) is 19.5 Å². The number of nitrogen functional groups attached to an aromatic ring is 1. The van der Waals surface area contributed by atoms with E-state index in [0.717, 1.165) is 5.56 Å². The van der Waals surface area contributed by atoms with Crippen LogP contribution in [0.25, 0.3) is 11.2 Å². The first kappa shape index (κ1) is 25.9. The maximum absolute atomic E-state index is 10.8. The Morgan fingerprint density at radius 3 is 2.72 bits per heavy atom. The average molecular weight is 537 g/mol. The van der Waals surface area contributed by atoms with Gasteiger partial charge >= 0.3 is 0 Å². The van der Waals surface area contributed by atoms with Crippen LogP contribution in [0.4, 0.5) is 17.5 Å². The van der Waals surface area contributed by atoms with Gasteiger partial charge in [-0.1, -0.05) is 12.1 Å². The van der Waals surface area contributed by atoms with Crippen LogP contribution in [0.5, 0.6) is 5.75 Å². The molecule has 0 radical (unpaired) electrons. The fourth-order valence-electron chi connectivity index (χ4n) is 4.07. The van der Waals surface area contributed by atoms with Crippen LogP contribution in [-0.4, -0.2) is 70.9 Å². The number of anilines is 2. The molecule has 0 amide bonds. The molecule has 0 bridgehead atoms. The molecule has 15 heteroatoms. The third-order valence-electron chi connectivity index (χ3n) is 6.07. The highest BCUT2D eigenvalue weighted by atomic mass is 16.6. The standard InChI is InChI=1S/C24H24N8O7/c25-21-18-22(27-12-26-21)31(23-20(35)19(34)17(10-33)39-23)24(29-18)30-28-9-14-2-1-3-16(8-14)38-11-13-4-6-15(7-5-13)32(36)37/h1-9,12,17,19-20,23,33-35H,10-11H2,(H,29,30)(H2,25,26,27). The smallest absolute Gasteiger partial charge is 0.269 e. The van der Waals surface area contributed by atoms with Gasteiger partial charge in [0.1, 0.15) is 37.0 Å². The number of non-ortho nitro benzene ring substituents is 1. The molecule has 5 rings (SSSR count). The van der Waals surface area contributed by atoms with Crippen molar-refractivity contribution in [2.75, 3.05) is 17.8 Å². The van der Waals surface area contributed by atoms with Crippen LogP contribution in [0.3, 0.4) is 0 Å². The first-order valence-electron chi connectivity index (χ1n) is 11.7. The van der Waals surface area contributed by atoms with Crippen molar-refractivity contribution >= 4 is 34.8 Å². The number of hydrogen-bond donors (Lipinski definition) is 5. The fourth-order valence-corrected chi connectivity index (χ4v) is 4.07. The minimum absolute atomic E-state index is 0.00566. The zero-order chi connectivity index (χ0) is 27.5. The zero-order valence-electron chi connectivity index (χ0n) is 20.2. The second kappa shape index (κ2) is 11.0. The van der Waals surface area contributed by atoms with Gasteiger partial charge in [-0.3, -0.25) is 14.7 Å². The highest BCUT2D eigenvalue weighted by Gasteiger charge is 2.45. The van der Waals surface area contributed by atoms with Crippen LogP contribution < -0.4 is 15.9 Å². The molecule has 1 saturated heterocycles. The van der Waals surface area contributed by atoms with E-state index in [0.29, 0.717) is 11.3 Å². The monoisotopic (exact) mass is 536 g/mol. The number of nitro groups is 1. The van der Waals surface area contributed by atoms with Gasteiger partial charge in [0, 0.05) is 12.1 Å². The predicted molar refractivity (Wildman–Crippen MR) is 138 cm³/mol. The van der Waals surface area contributed by atoms with Gasteiger partial charge in [0.2, 0.25) is 5.95 Å². The summed E-state index contributed by atoms with van der Waals surface area (Å²) >= 11 is 0. The minimum atomic E-state index is -1.38. The molecule has 0 aliphatic carbocycles. The van der Waals surface area contributed by atoms with Crippen LogP contribution in [-0.2, 0) is 11.3 Å². The quantitative estimate of drug-likeness (QED) is 0.115. The lowest BCUT2D eigenvalue weighted by Gasteiger charge is -2.18. The molecule has 202 valence electrons. The molecule has 2 aromatic heterocycles. The van der Waals surface area contributed by atoms with E-state index >= 15 is 0 Å². The molecule has 4 unspecified atom stereocenters. The fraction of sp³-hybridized carbons (Fsp3) is 0.250. The van der Waals surface area contributed by atoms with E-state index in [-0.39, 0.29) is 35.2 Å². The molecule has 0 saturated carbocycles. The average Bonchev–Trinajstić information content (AvgIpc) is 3.45. The Kier molecular flexibility index (Phi) is 7.29. The number of nitrogens with one attached hydrogen (secondary N) is 1. The van der Waals surface area contributed by atoms with Gasteiger partial charge in [-0.25, -0.2) is 20.4 Å². The Hall–Kier alpha value is -4.70. The number of nitro benzene ring substituents is 1. The van der Waals surface area contributed by atoms with Crippen molar-refractivity contribution in [2.24, 2.45) is 5.10 Å². The van der Waals surface area contributed by atoms with E-state index in [2.05, 4.69) is 25.5 Å². The number of aliphatic hydroxyl groups is 3. The number of rotatable bonds is 9. The van der Waals surface area contributed by atoms with Crippen molar-refractivity contribution in [3.05, 3.63) is 76.1 Å². The molecule has 1 aliphatic rings. The summed E-state index contributed by atoms with van der Waals surface area (Å²) in [7, 11) is 0. The van der Waals surface area contributed by atoms with E-state index in [1.165, 1.54) is 29.2 Å². The number of aliphatic hydroxyl groups excluding tert-OH is 3. The van der Waals surface area contributed by atoms with Crippen molar-refractivity contribution in [2.45, 2.75) is 31.1 Å². The molecule has 2 aromatic carbocycles. The summed E-state index contributed by atoms with van der Waals surface area (Å²) in [5.41, 5.74) is 10.7. The van der Waals surface area contributed by atoms with Gasteiger partial charge in [-0.2, -0.15) is 5.10 Å². The van der Waals surface area contributed by atoms with Crippen molar-refractivity contribution in [3.8, 4) is 5.75 Å². The number of benzene rings is 2. The highest BCUT2D eigenvalue weighted by Crippen LogP contribution is 2.35. The Morgan fingerprint density at radius 2 is 2.00 bits per heavy atom. The molecule has 4 atom stereocenters. The lowest BCUT2D eigenvalue weighted by molar-refractivity contribution is -0.384. The molecular formula is C24H24N8O7. The van der Waals surface area contributed by atoms with E-state index < -0.39 is 36.1 Å². The number of imidazole rings is 1. The topological polar surface area (TPSA) is 216 Å². The van der Waals surface area contributed by atoms with Gasteiger partial charge < -0.3 is 30.5 Å². The van der Waals surface area contributed by atoms with Crippen molar-refractivity contribution in [1.29, 1.82) is 0 Å². The molecule has 15 nitrogen and oxygen atoms in total. The van der Waals surface area contributed by atoms with Gasteiger partial charge in [-0.05, 0) is 35.4 Å². The number of hydrogen-bond acceptors (Lipinski definition) is 13. The van der Waals surface area contributed by atoms with E-state index in [1.807, 2.05) is 0 Å². The lowest BCUT2D eigenvalue weighted by atomic mass is 10.1. The maximum atomic E-state index is 10.8. The SMILES string of the molecule is Nc1ncnc2c1nc(NN=Cc1cccc(OCc3ccc([N+](=O)[O-])cc3)c1)n2C1OC(CO)C(O)C1O. The molecule has 1 aliphatic heterocycles. The van der Waals surface area contributed by atoms with Crippen LogP contribution >= 0.6 is 0 Å². The summed E-state index contributed by atoms with van der Waals surface area (Å²) in [6, 6.07) is 13.2. The predicted octanol–water partition coefficient (Wildman–Crippen LogP) is 0.953. The van der Waals surface area contributed by atoms with Crippen LogP contribution in [0.2, 0.25) is 0 Å². The van der Waals surface area contributed by atoms with Gasteiger partial charge in [0.25, 0.3) is 5.69 Å². The van der Waals surface area contributed by atoms with Crippen LogP contribution in [0.15, 0.2) is 60.0 Å². The normalized spacial score (nSPS) is 21.0. The van der Waals surface area contributed by atoms with E-state index in [4.69, 9.17) is 15.2 Å². The Morgan fingerprint density at radius 1 is 1.21 bits per heavy atom. The molecule has 4 aromatic rings. The number of fused-ring (bicyclic) bond motifs is 1. The number of aromatic nitrogens is 4. The molecule has 1 fully saturated rings. The number of hydrazone groups is 1. The molecular weight excluding hydrogens is 512 g/mol. The Balaban J connectivity index is 1.33. The van der Waals surface area contributed by atoms with Crippen molar-refractivity contribution < 1.29 is 29.7 Å². The Labute approximate surface area is 220 Å². The summed E-state index contributed by atoms with van der Waals surface area (Å²) < 4.78 is 12.8. The second-order valence-electron chi connectivity index (χ2n) is 8.62. The third kappa shape index (κ3) is 5.32.